The summed E-state index contributed by atoms with van der Waals surface area (Å²) in [6.07, 6.45) is 4.69. The van der Waals surface area contributed by atoms with Gasteiger partial charge in [0, 0.05) is 56.3 Å². The van der Waals surface area contributed by atoms with Crippen molar-refractivity contribution in [1.82, 2.24) is 19.8 Å². The molecule has 0 radical (unpaired) electrons. The summed E-state index contributed by atoms with van der Waals surface area (Å²) in [5.74, 6) is 0.471. The summed E-state index contributed by atoms with van der Waals surface area (Å²) < 4.78 is 19.4. The predicted octanol–water partition coefficient (Wildman–Crippen LogP) is 2.84. The van der Waals surface area contributed by atoms with Crippen molar-refractivity contribution in [1.29, 1.82) is 0 Å². The first-order chi connectivity index (χ1) is 13.6. The van der Waals surface area contributed by atoms with Crippen LogP contribution in [0.15, 0.2) is 24.5 Å². The maximum atomic E-state index is 14.3. The van der Waals surface area contributed by atoms with Gasteiger partial charge in [-0.3, -0.25) is 9.69 Å². The van der Waals surface area contributed by atoms with Crippen LogP contribution in [-0.2, 0) is 23.3 Å². The molecule has 0 saturated carbocycles. The molecule has 1 saturated heterocycles. The fourth-order valence-corrected chi connectivity index (χ4v) is 4.64. The number of halogens is 1. The second-order valence-corrected chi connectivity index (χ2v) is 7.64. The maximum absolute atomic E-state index is 14.3. The van der Waals surface area contributed by atoms with Gasteiger partial charge < -0.3 is 14.6 Å². The molecule has 1 spiro atoms. The first kappa shape index (κ1) is 18.9. The van der Waals surface area contributed by atoms with Gasteiger partial charge in [0.05, 0.1) is 24.7 Å². The minimum atomic E-state index is -0.338. The third kappa shape index (κ3) is 3.17. The molecule has 1 N–H and O–H groups in total. The predicted molar refractivity (Wildman–Crippen MR) is 103 cm³/mol. The summed E-state index contributed by atoms with van der Waals surface area (Å²) in [6.45, 7) is 4.80. The molecule has 0 bridgehead atoms. The summed E-state index contributed by atoms with van der Waals surface area (Å²) >= 11 is 0. The van der Waals surface area contributed by atoms with Crippen LogP contribution < -0.4 is 4.74 Å². The molecule has 1 aromatic heterocycles. The first-order valence-corrected chi connectivity index (χ1v) is 9.95. The number of rotatable bonds is 4. The molecule has 2 aromatic rings. The minimum Gasteiger partial charge on any atom is -0.497 e. The first-order valence-electron chi connectivity index (χ1n) is 9.95. The van der Waals surface area contributed by atoms with Crippen LogP contribution in [0.1, 0.15) is 43.1 Å². The number of fused-ring (bicyclic) bond motifs is 2. The van der Waals surface area contributed by atoms with Crippen molar-refractivity contribution in [3.05, 3.63) is 47.3 Å². The van der Waals surface area contributed by atoms with Crippen molar-refractivity contribution < 1.29 is 13.9 Å². The van der Waals surface area contributed by atoms with E-state index in [1.54, 1.807) is 18.5 Å². The minimum absolute atomic E-state index is 0.184. The number of likely N-dealkylation sites (tertiary alicyclic amines) is 1. The number of H-pyrrole nitrogens is 1. The highest BCUT2D eigenvalue weighted by Gasteiger charge is 2.48. The van der Waals surface area contributed by atoms with Crippen LogP contribution >= 0.6 is 0 Å². The highest BCUT2D eigenvalue weighted by Crippen LogP contribution is 2.42. The molecular formula is C21H27FN4O2. The molecule has 3 heterocycles. The molecule has 6 nitrogen and oxygen atoms in total. The number of carbonyl (C=O) groups excluding carboxylic acids is 1. The molecule has 7 heteroatoms. The van der Waals surface area contributed by atoms with Crippen LogP contribution in [0.3, 0.4) is 0 Å². The Bertz CT molecular complexity index is 858. The number of nitrogens with zero attached hydrogens (tertiary/aromatic N) is 3. The number of amides is 1. The van der Waals surface area contributed by atoms with Gasteiger partial charge in [-0.05, 0) is 18.9 Å². The van der Waals surface area contributed by atoms with E-state index < -0.39 is 0 Å². The summed E-state index contributed by atoms with van der Waals surface area (Å²) in [5.41, 5.74) is 2.50. The van der Waals surface area contributed by atoms with E-state index in [4.69, 9.17) is 4.74 Å². The van der Waals surface area contributed by atoms with E-state index in [1.165, 1.54) is 13.2 Å². The molecule has 0 unspecified atom stereocenters. The lowest BCUT2D eigenvalue weighted by atomic mass is 9.78. The quantitative estimate of drug-likeness (QED) is 0.878. The number of imidazole rings is 1. The second-order valence-electron chi connectivity index (χ2n) is 7.64. The Morgan fingerprint density at radius 3 is 2.79 bits per heavy atom. The Morgan fingerprint density at radius 1 is 1.32 bits per heavy atom. The van der Waals surface area contributed by atoms with Crippen molar-refractivity contribution in [3.8, 4) is 5.75 Å². The molecule has 0 aliphatic carbocycles. The lowest BCUT2D eigenvalue weighted by Gasteiger charge is -2.50. The van der Waals surface area contributed by atoms with E-state index in [-0.39, 0.29) is 17.3 Å². The molecule has 2 aliphatic heterocycles. The van der Waals surface area contributed by atoms with Gasteiger partial charge in [0.25, 0.3) is 0 Å². The van der Waals surface area contributed by atoms with Crippen LogP contribution in [0.5, 0.6) is 5.75 Å². The number of methoxy groups -OCH3 is 1. The number of hydrogen-bond acceptors (Lipinski definition) is 4. The number of hydrogen-bond donors (Lipinski definition) is 1. The average molecular weight is 386 g/mol. The number of ether oxygens (including phenoxy) is 1. The van der Waals surface area contributed by atoms with Crippen LogP contribution in [0.25, 0.3) is 0 Å². The van der Waals surface area contributed by atoms with Crippen molar-refractivity contribution >= 4 is 5.91 Å². The third-order valence-electron chi connectivity index (χ3n) is 6.20. The number of piperidine rings is 1. The molecule has 28 heavy (non-hydrogen) atoms. The highest BCUT2D eigenvalue weighted by molar-refractivity contribution is 5.77. The van der Waals surface area contributed by atoms with Gasteiger partial charge >= 0.3 is 0 Å². The Balaban J connectivity index is 1.52. The summed E-state index contributed by atoms with van der Waals surface area (Å²) in [5, 5.41) is 0. The zero-order valence-corrected chi connectivity index (χ0v) is 16.5. The van der Waals surface area contributed by atoms with Gasteiger partial charge in [-0.2, -0.15) is 0 Å². The van der Waals surface area contributed by atoms with Gasteiger partial charge in [0.2, 0.25) is 5.91 Å². The number of aromatic amines is 1. The van der Waals surface area contributed by atoms with Crippen LogP contribution in [0.2, 0.25) is 0 Å². The standard InChI is InChI=1S/C21H27FN4O2/c1-3-19(27)26-9-6-18-20(24-14-23-18)21(26)7-10-25(11-8-21)13-15-4-5-16(28-2)12-17(15)22/h4-5,12,14H,3,6-11,13H2,1-2H3,(H,23,24). The van der Waals surface area contributed by atoms with Crippen LogP contribution in [0, 0.1) is 5.82 Å². The van der Waals surface area contributed by atoms with Crippen LogP contribution in [0.4, 0.5) is 4.39 Å². The molecular weight excluding hydrogens is 359 g/mol. The van der Waals surface area contributed by atoms with Gasteiger partial charge in [0.15, 0.2) is 0 Å². The largest absolute Gasteiger partial charge is 0.497 e. The Kier molecular flexibility index (Phi) is 5.10. The highest BCUT2D eigenvalue weighted by atomic mass is 19.1. The normalized spacial score (nSPS) is 18.9. The average Bonchev–Trinajstić information content (AvgIpc) is 3.21. The van der Waals surface area contributed by atoms with Gasteiger partial charge in [-0.25, -0.2) is 9.37 Å². The van der Waals surface area contributed by atoms with Crippen molar-refractivity contribution in [2.24, 2.45) is 0 Å². The fraction of sp³-hybridized carbons (Fsp3) is 0.524. The number of carbonyl (C=O) groups is 1. The maximum Gasteiger partial charge on any atom is 0.223 e. The molecule has 1 aromatic carbocycles. The Morgan fingerprint density at radius 2 is 2.11 bits per heavy atom. The van der Waals surface area contributed by atoms with E-state index in [1.807, 2.05) is 11.8 Å². The molecule has 1 amide bonds. The lowest BCUT2D eigenvalue weighted by Crippen LogP contribution is -2.58. The second kappa shape index (κ2) is 7.54. The molecule has 2 aliphatic rings. The van der Waals surface area contributed by atoms with Gasteiger partial charge in [-0.1, -0.05) is 13.0 Å². The number of nitrogens with one attached hydrogen (secondary N) is 1. The van der Waals surface area contributed by atoms with E-state index in [9.17, 15) is 9.18 Å². The van der Waals surface area contributed by atoms with Crippen molar-refractivity contribution in [2.45, 2.75) is 44.7 Å². The van der Waals surface area contributed by atoms with Gasteiger partial charge in [-0.15, -0.1) is 0 Å². The van der Waals surface area contributed by atoms with Crippen LogP contribution in [-0.4, -0.2) is 52.4 Å². The third-order valence-corrected chi connectivity index (χ3v) is 6.20. The molecule has 0 atom stereocenters. The monoisotopic (exact) mass is 386 g/mol. The Labute approximate surface area is 164 Å². The zero-order valence-electron chi connectivity index (χ0n) is 16.5. The fourth-order valence-electron chi connectivity index (χ4n) is 4.64. The van der Waals surface area contributed by atoms with Crippen molar-refractivity contribution in [2.75, 3.05) is 26.7 Å². The molecule has 1 fully saturated rings. The van der Waals surface area contributed by atoms with Crippen molar-refractivity contribution in [3.63, 3.8) is 0 Å². The lowest BCUT2D eigenvalue weighted by molar-refractivity contribution is -0.141. The van der Waals surface area contributed by atoms with E-state index in [0.29, 0.717) is 24.3 Å². The Hall–Kier alpha value is -2.41. The summed E-state index contributed by atoms with van der Waals surface area (Å²) in [7, 11) is 1.54. The van der Waals surface area contributed by atoms with E-state index in [2.05, 4.69) is 14.9 Å². The molecule has 4 rings (SSSR count). The number of benzene rings is 1. The summed E-state index contributed by atoms with van der Waals surface area (Å²) in [6, 6.07) is 5.01. The molecule has 150 valence electrons. The number of aromatic nitrogens is 2. The zero-order chi connectivity index (χ0) is 19.7. The van der Waals surface area contributed by atoms with E-state index >= 15 is 0 Å². The SMILES string of the molecule is CCC(=O)N1CCc2[nH]cnc2C12CCN(Cc1ccc(OC)cc1F)CC2. The smallest absolute Gasteiger partial charge is 0.223 e. The summed E-state index contributed by atoms with van der Waals surface area (Å²) in [4.78, 5) is 24.8. The van der Waals surface area contributed by atoms with E-state index in [0.717, 1.165) is 50.3 Å². The topological polar surface area (TPSA) is 61.5 Å². The van der Waals surface area contributed by atoms with Gasteiger partial charge in [0.1, 0.15) is 11.6 Å².